The van der Waals surface area contributed by atoms with E-state index in [2.05, 4.69) is 19.1 Å². The van der Waals surface area contributed by atoms with Crippen LogP contribution in [0.3, 0.4) is 0 Å². The van der Waals surface area contributed by atoms with Crippen LogP contribution in [0, 0.1) is 5.92 Å². The molecule has 0 N–H and O–H groups in total. The molecular weight excluding hydrogens is 220 g/mol. The zero-order chi connectivity index (χ0) is 13.1. The Balaban J connectivity index is 1.95. The van der Waals surface area contributed by atoms with Gasteiger partial charge in [0, 0.05) is 12.3 Å². The van der Waals surface area contributed by atoms with E-state index in [0.29, 0.717) is 5.78 Å². The number of allylic oxidation sites excluding steroid dienone is 2. The lowest BCUT2D eigenvalue weighted by Crippen LogP contribution is -2.16. The van der Waals surface area contributed by atoms with Gasteiger partial charge in [0.05, 0.1) is 0 Å². The number of unbranched alkanes of at least 4 members (excludes halogenated alkanes) is 7. The molecule has 0 aromatic rings. The van der Waals surface area contributed by atoms with Crippen molar-refractivity contribution in [3.8, 4) is 0 Å². The molecule has 1 heteroatoms. The summed E-state index contributed by atoms with van der Waals surface area (Å²) >= 11 is 0. The lowest BCUT2D eigenvalue weighted by molar-refractivity contribution is -0.122. The van der Waals surface area contributed by atoms with E-state index in [1.165, 1.54) is 51.4 Å². The molecule has 1 aliphatic carbocycles. The molecule has 1 saturated carbocycles. The third-order valence-corrected chi connectivity index (χ3v) is 3.94. The summed E-state index contributed by atoms with van der Waals surface area (Å²) in [7, 11) is 0. The number of hydrogen-bond donors (Lipinski definition) is 0. The second-order valence-electron chi connectivity index (χ2n) is 5.66. The van der Waals surface area contributed by atoms with Gasteiger partial charge in [-0.3, -0.25) is 4.79 Å². The van der Waals surface area contributed by atoms with Gasteiger partial charge in [-0.05, 0) is 25.7 Å². The highest BCUT2D eigenvalue weighted by atomic mass is 16.1. The molecule has 0 aromatic carbocycles. The zero-order valence-corrected chi connectivity index (χ0v) is 12.1. The van der Waals surface area contributed by atoms with Crippen molar-refractivity contribution in [3.05, 3.63) is 12.2 Å². The van der Waals surface area contributed by atoms with Crippen LogP contribution in [0.25, 0.3) is 0 Å². The van der Waals surface area contributed by atoms with E-state index < -0.39 is 0 Å². The molecule has 0 spiro atoms. The van der Waals surface area contributed by atoms with Crippen molar-refractivity contribution in [2.24, 2.45) is 5.92 Å². The summed E-state index contributed by atoms with van der Waals surface area (Å²) < 4.78 is 0. The fourth-order valence-electron chi connectivity index (χ4n) is 2.69. The van der Waals surface area contributed by atoms with Gasteiger partial charge < -0.3 is 0 Å². The number of ketones is 1. The number of Topliss-reactive ketones (excluding diaryl/α,β-unsaturated/α-hetero) is 1. The minimum absolute atomic E-state index is 0.253. The van der Waals surface area contributed by atoms with Crippen LogP contribution in [-0.2, 0) is 4.79 Å². The Bertz CT molecular complexity index is 242. The van der Waals surface area contributed by atoms with Crippen LogP contribution in [0.2, 0.25) is 0 Å². The predicted molar refractivity (Wildman–Crippen MR) is 78.7 cm³/mol. The van der Waals surface area contributed by atoms with Crippen molar-refractivity contribution in [2.45, 2.75) is 84.0 Å². The molecule has 0 radical (unpaired) electrons. The molecule has 1 fully saturated rings. The molecule has 0 unspecified atom stereocenters. The predicted octanol–water partition coefficient (Wildman–Crippen LogP) is 5.44. The molecule has 18 heavy (non-hydrogen) atoms. The highest BCUT2D eigenvalue weighted by Crippen LogP contribution is 2.21. The summed E-state index contributed by atoms with van der Waals surface area (Å²) in [5, 5.41) is 0. The number of rotatable bonds is 9. The maximum atomic E-state index is 11.6. The van der Waals surface area contributed by atoms with Crippen molar-refractivity contribution in [2.75, 3.05) is 0 Å². The lowest BCUT2D eigenvalue weighted by atomic mass is 9.87. The quantitative estimate of drug-likeness (QED) is 0.393. The Hall–Kier alpha value is -0.590. The number of carbonyl (C=O) groups excluding carboxylic acids is 1. The summed E-state index contributed by atoms with van der Waals surface area (Å²) in [5.41, 5.74) is 0. The standard InChI is InChI=1S/C17H30O/c1-2-3-4-5-6-7-8-9-10-13-16-14-11-12-15-17(16)18/h10,13,16H,2-9,11-12,14-15H2,1H3/b13-10+/t16-/m1/s1. The van der Waals surface area contributed by atoms with Gasteiger partial charge >= 0.3 is 0 Å². The third kappa shape index (κ3) is 6.98. The maximum Gasteiger partial charge on any atom is 0.139 e. The molecule has 0 heterocycles. The Morgan fingerprint density at radius 3 is 2.50 bits per heavy atom. The van der Waals surface area contributed by atoms with E-state index in [-0.39, 0.29) is 5.92 Å². The first-order chi connectivity index (χ1) is 8.84. The highest BCUT2D eigenvalue weighted by Gasteiger charge is 2.18. The topological polar surface area (TPSA) is 17.1 Å². The number of hydrogen-bond acceptors (Lipinski definition) is 1. The maximum absolute atomic E-state index is 11.6. The van der Waals surface area contributed by atoms with Gasteiger partial charge in [-0.15, -0.1) is 0 Å². The highest BCUT2D eigenvalue weighted by molar-refractivity contribution is 5.83. The van der Waals surface area contributed by atoms with Gasteiger partial charge in [0.2, 0.25) is 0 Å². The molecule has 0 amide bonds. The first-order valence-electron chi connectivity index (χ1n) is 8.04. The molecule has 1 nitrogen and oxygen atoms in total. The molecule has 0 aromatic heterocycles. The minimum atomic E-state index is 0.253. The second kappa shape index (κ2) is 10.3. The van der Waals surface area contributed by atoms with Gasteiger partial charge in [-0.1, -0.05) is 64.0 Å². The van der Waals surface area contributed by atoms with Crippen molar-refractivity contribution >= 4 is 5.78 Å². The smallest absolute Gasteiger partial charge is 0.139 e. The molecule has 1 rings (SSSR count). The van der Waals surface area contributed by atoms with Gasteiger partial charge in [-0.2, -0.15) is 0 Å². The van der Waals surface area contributed by atoms with Crippen LogP contribution in [0.4, 0.5) is 0 Å². The fourth-order valence-corrected chi connectivity index (χ4v) is 2.69. The van der Waals surface area contributed by atoms with Gasteiger partial charge in [0.15, 0.2) is 0 Å². The van der Waals surface area contributed by atoms with Crippen molar-refractivity contribution < 1.29 is 4.79 Å². The average Bonchev–Trinajstić information content (AvgIpc) is 2.39. The van der Waals surface area contributed by atoms with Crippen LogP contribution >= 0.6 is 0 Å². The molecule has 104 valence electrons. The Morgan fingerprint density at radius 1 is 1.06 bits per heavy atom. The number of carbonyl (C=O) groups is 1. The van der Waals surface area contributed by atoms with Crippen LogP contribution in [0.1, 0.15) is 84.0 Å². The van der Waals surface area contributed by atoms with Crippen molar-refractivity contribution in [1.82, 2.24) is 0 Å². The summed E-state index contributed by atoms with van der Waals surface area (Å²) in [4.78, 5) is 11.6. The first kappa shape index (κ1) is 15.5. The largest absolute Gasteiger partial charge is 0.299 e. The Labute approximate surface area is 113 Å². The molecular formula is C17H30O. The SMILES string of the molecule is CCCCCCCCC/C=C/[C@@H]1CCCCC1=O. The van der Waals surface area contributed by atoms with Crippen LogP contribution in [-0.4, -0.2) is 5.78 Å². The van der Waals surface area contributed by atoms with Gasteiger partial charge in [0.1, 0.15) is 5.78 Å². The fraction of sp³-hybridized carbons (Fsp3) is 0.824. The monoisotopic (exact) mass is 250 g/mol. The molecule has 1 atom stereocenters. The average molecular weight is 250 g/mol. The van der Waals surface area contributed by atoms with Gasteiger partial charge in [-0.25, -0.2) is 0 Å². The summed E-state index contributed by atoms with van der Waals surface area (Å²) in [6.07, 6.45) is 19.4. The minimum Gasteiger partial charge on any atom is -0.299 e. The summed E-state index contributed by atoms with van der Waals surface area (Å²) in [6, 6.07) is 0. The van der Waals surface area contributed by atoms with E-state index in [9.17, 15) is 4.79 Å². The lowest BCUT2D eigenvalue weighted by Gasteiger charge is -2.16. The van der Waals surface area contributed by atoms with E-state index in [1.54, 1.807) is 0 Å². The zero-order valence-electron chi connectivity index (χ0n) is 12.1. The second-order valence-corrected chi connectivity index (χ2v) is 5.66. The van der Waals surface area contributed by atoms with E-state index >= 15 is 0 Å². The van der Waals surface area contributed by atoms with Crippen LogP contribution in [0.15, 0.2) is 12.2 Å². The summed E-state index contributed by atoms with van der Waals surface area (Å²) in [6.45, 7) is 2.26. The van der Waals surface area contributed by atoms with Crippen LogP contribution in [0.5, 0.6) is 0 Å². The Morgan fingerprint density at radius 2 is 1.78 bits per heavy atom. The summed E-state index contributed by atoms with van der Waals surface area (Å²) in [5.74, 6) is 0.723. The first-order valence-corrected chi connectivity index (χ1v) is 8.04. The molecule has 1 aliphatic rings. The van der Waals surface area contributed by atoms with Crippen molar-refractivity contribution in [3.63, 3.8) is 0 Å². The van der Waals surface area contributed by atoms with E-state index in [4.69, 9.17) is 0 Å². The normalized spacial score (nSPS) is 20.7. The molecule has 0 bridgehead atoms. The third-order valence-electron chi connectivity index (χ3n) is 3.94. The van der Waals surface area contributed by atoms with Gasteiger partial charge in [0.25, 0.3) is 0 Å². The van der Waals surface area contributed by atoms with E-state index in [1.807, 2.05) is 0 Å². The van der Waals surface area contributed by atoms with Crippen LogP contribution < -0.4 is 0 Å². The molecule has 0 saturated heterocycles. The molecule has 0 aliphatic heterocycles. The van der Waals surface area contributed by atoms with Crippen molar-refractivity contribution in [1.29, 1.82) is 0 Å². The Kier molecular flexibility index (Phi) is 8.89. The van der Waals surface area contributed by atoms with E-state index in [0.717, 1.165) is 25.7 Å².